The molecule has 0 atom stereocenters. The van der Waals surface area contributed by atoms with E-state index in [1.807, 2.05) is 6.07 Å². The Hall–Kier alpha value is -1.17. The van der Waals surface area contributed by atoms with Crippen LogP contribution in [0.3, 0.4) is 0 Å². The van der Waals surface area contributed by atoms with Gasteiger partial charge in [-0.25, -0.2) is 0 Å². The molecule has 1 aromatic carbocycles. The van der Waals surface area contributed by atoms with E-state index >= 15 is 0 Å². The summed E-state index contributed by atoms with van der Waals surface area (Å²) in [6.45, 7) is 5.41. The lowest BCUT2D eigenvalue weighted by Gasteiger charge is -2.26. The lowest BCUT2D eigenvalue weighted by Crippen LogP contribution is -2.39. The minimum absolute atomic E-state index is 0.571. The number of anilines is 1. The number of rotatable bonds is 6. The molecule has 0 saturated carbocycles. The molecule has 0 spiro atoms. The summed E-state index contributed by atoms with van der Waals surface area (Å²) in [7, 11) is 3.22. The molecule has 5 nitrogen and oxygen atoms in total. The number of nitrogens with zero attached hydrogens (tertiary/aromatic N) is 1. The molecule has 1 aliphatic heterocycles. The maximum Gasteiger partial charge on any atom is 0.145 e. The van der Waals surface area contributed by atoms with Gasteiger partial charge in [-0.2, -0.15) is 0 Å². The molecular weight excluding hydrogens is 280 g/mol. The van der Waals surface area contributed by atoms with Crippen molar-refractivity contribution >= 4 is 17.3 Å². The van der Waals surface area contributed by atoms with Gasteiger partial charge in [0.05, 0.1) is 38.1 Å². The molecule has 0 radical (unpaired) electrons. The van der Waals surface area contributed by atoms with Crippen LogP contribution in [0.5, 0.6) is 11.5 Å². The third-order valence-electron chi connectivity index (χ3n) is 3.32. The van der Waals surface area contributed by atoms with Gasteiger partial charge in [-0.3, -0.25) is 4.90 Å². The molecular formula is C14H21ClN2O3. The SMILES string of the molecule is COc1cc(OC)c(NCCN2CCOCC2)cc1Cl. The molecule has 0 bridgehead atoms. The van der Waals surface area contributed by atoms with Gasteiger partial charge in [-0.05, 0) is 6.07 Å². The summed E-state index contributed by atoms with van der Waals surface area (Å²) in [6.07, 6.45) is 0. The molecule has 1 saturated heterocycles. The molecule has 1 aromatic rings. The highest BCUT2D eigenvalue weighted by atomic mass is 35.5. The van der Waals surface area contributed by atoms with E-state index in [0.717, 1.165) is 50.8 Å². The number of nitrogens with one attached hydrogen (secondary N) is 1. The second kappa shape index (κ2) is 7.57. The molecule has 1 fully saturated rings. The summed E-state index contributed by atoms with van der Waals surface area (Å²) in [5.41, 5.74) is 0.881. The van der Waals surface area contributed by atoms with Crippen molar-refractivity contribution in [2.75, 3.05) is 58.9 Å². The van der Waals surface area contributed by atoms with Crippen LogP contribution in [-0.2, 0) is 4.74 Å². The molecule has 2 rings (SSSR count). The summed E-state index contributed by atoms with van der Waals surface area (Å²) >= 11 is 6.14. The van der Waals surface area contributed by atoms with Crippen molar-refractivity contribution in [3.8, 4) is 11.5 Å². The number of hydrogen-bond acceptors (Lipinski definition) is 5. The zero-order valence-electron chi connectivity index (χ0n) is 11.9. The van der Waals surface area contributed by atoms with Gasteiger partial charge in [0.2, 0.25) is 0 Å². The number of halogens is 1. The molecule has 0 amide bonds. The van der Waals surface area contributed by atoms with E-state index in [4.69, 9.17) is 25.8 Å². The Morgan fingerprint density at radius 1 is 1.20 bits per heavy atom. The predicted molar refractivity (Wildman–Crippen MR) is 80.3 cm³/mol. The van der Waals surface area contributed by atoms with Gasteiger partial charge in [0, 0.05) is 32.2 Å². The highest BCUT2D eigenvalue weighted by molar-refractivity contribution is 6.32. The van der Waals surface area contributed by atoms with Crippen LogP contribution >= 0.6 is 11.6 Å². The first-order chi connectivity index (χ1) is 9.74. The van der Waals surface area contributed by atoms with Crippen molar-refractivity contribution in [1.29, 1.82) is 0 Å². The van der Waals surface area contributed by atoms with Gasteiger partial charge in [0.25, 0.3) is 0 Å². The lowest BCUT2D eigenvalue weighted by molar-refractivity contribution is 0.0398. The first-order valence-corrected chi connectivity index (χ1v) is 7.08. The van der Waals surface area contributed by atoms with Crippen LogP contribution in [0.4, 0.5) is 5.69 Å². The first kappa shape index (κ1) is 15.2. The van der Waals surface area contributed by atoms with Crippen molar-refractivity contribution in [2.24, 2.45) is 0 Å². The largest absolute Gasteiger partial charge is 0.495 e. The molecule has 0 aliphatic carbocycles. The van der Waals surface area contributed by atoms with Crippen molar-refractivity contribution in [3.63, 3.8) is 0 Å². The van der Waals surface area contributed by atoms with Crippen molar-refractivity contribution < 1.29 is 14.2 Å². The second-order valence-electron chi connectivity index (χ2n) is 4.57. The van der Waals surface area contributed by atoms with Crippen molar-refractivity contribution in [2.45, 2.75) is 0 Å². The number of ether oxygens (including phenoxy) is 3. The normalized spacial score (nSPS) is 15.9. The Labute approximate surface area is 124 Å². The van der Waals surface area contributed by atoms with E-state index in [1.54, 1.807) is 20.3 Å². The van der Waals surface area contributed by atoms with Gasteiger partial charge in [0.1, 0.15) is 11.5 Å². The van der Waals surface area contributed by atoms with Crippen molar-refractivity contribution in [1.82, 2.24) is 4.90 Å². The Bertz CT molecular complexity index is 437. The average Bonchev–Trinajstić information content (AvgIpc) is 2.48. The standard InChI is InChI=1S/C14H21ClN2O3/c1-18-13-10-14(19-2)12(9-11(13)15)16-3-4-17-5-7-20-8-6-17/h9-10,16H,3-8H2,1-2H3. The maximum atomic E-state index is 6.14. The smallest absolute Gasteiger partial charge is 0.145 e. The zero-order valence-corrected chi connectivity index (χ0v) is 12.7. The molecule has 6 heteroatoms. The summed E-state index contributed by atoms with van der Waals surface area (Å²) in [4.78, 5) is 2.37. The monoisotopic (exact) mass is 300 g/mol. The second-order valence-corrected chi connectivity index (χ2v) is 4.98. The molecule has 1 N–H and O–H groups in total. The minimum Gasteiger partial charge on any atom is -0.495 e. The van der Waals surface area contributed by atoms with Crippen LogP contribution in [-0.4, -0.2) is 58.5 Å². The van der Waals surface area contributed by atoms with Crippen LogP contribution < -0.4 is 14.8 Å². The lowest BCUT2D eigenvalue weighted by atomic mass is 10.2. The van der Waals surface area contributed by atoms with Gasteiger partial charge in [-0.15, -0.1) is 0 Å². The summed E-state index contributed by atoms with van der Waals surface area (Å²) in [5.74, 6) is 1.34. The van der Waals surface area contributed by atoms with E-state index < -0.39 is 0 Å². The number of hydrogen-bond donors (Lipinski definition) is 1. The van der Waals surface area contributed by atoms with E-state index in [9.17, 15) is 0 Å². The molecule has 1 heterocycles. The number of methoxy groups -OCH3 is 2. The van der Waals surface area contributed by atoms with E-state index in [0.29, 0.717) is 10.8 Å². The fraction of sp³-hybridized carbons (Fsp3) is 0.571. The van der Waals surface area contributed by atoms with E-state index in [2.05, 4.69) is 10.2 Å². The van der Waals surface area contributed by atoms with E-state index in [-0.39, 0.29) is 0 Å². The highest BCUT2D eigenvalue weighted by Gasteiger charge is 2.12. The Balaban J connectivity index is 1.92. The van der Waals surface area contributed by atoms with E-state index in [1.165, 1.54) is 0 Å². The maximum absolute atomic E-state index is 6.14. The van der Waals surface area contributed by atoms with Crippen LogP contribution in [0.1, 0.15) is 0 Å². The van der Waals surface area contributed by atoms with Gasteiger partial charge in [-0.1, -0.05) is 11.6 Å². The Morgan fingerprint density at radius 2 is 1.90 bits per heavy atom. The third-order valence-corrected chi connectivity index (χ3v) is 3.62. The molecule has 20 heavy (non-hydrogen) atoms. The Morgan fingerprint density at radius 3 is 2.55 bits per heavy atom. The topological polar surface area (TPSA) is 43.0 Å². The van der Waals surface area contributed by atoms with Crippen molar-refractivity contribution in [3.05, 3.63) is 17.2 Å². The zero-order chi connectivity index (χ0) is 14.4. The molecule has 0 unspecified atom stereocenters. The van der Waals surface area contributed by atoms with Crippen LogP contribution in [0.25, 0.3) is 0 Å². The minimum atomic E-state index is 0.571. The number of benzene rings is 1. The van der Waals surface area contributed by atoms with Crippen LogP contribution in [0.15, 0.2) is 12.1 Å². The third kappa shape index (κ3) is 3.91. The first-order valence-electron chi connectivity index (χ1n) is 6.70. The van der Waals surface area contributed by atoms with Gasteiger partial charge in [0.15, 0.2) is 0 Å². The van der Waals surface area contributed by atoms with Gasteiger partial charge < -0.3 is 19.5 Å². The quantitative estimate of drug-likeness (QED) is 0.871. The molecule has 0 aromatic heterocycles. The highest BCUT2D eigenvalue weighted by Crippen LogP contribution is 2.35. The van der Waals surface area contributed by atoms with Crippen LogP contribution in [0, 0.1) is 0 Å². The van der Waals surface area contributed by atoms with Gasteiger partial charge >= 0.3 is 0 Å². The average molecular weight is 301 g/mol. The van der Waals surface area contributed by atoms with Crippen LogP contribution in [0.2, 0.25) is 5.02 Å². The summed E-state index contributed by atoms with van der Waals surface area (Å²) in [6, 6.07) is 3.62. The molecule has 112 valence electrons. The molecule has 1 aliphatic rings. The fourth-order valence-electron chi connectivity index (χ4n) is 2.17. The predicted octanol–water partition coefficient (Wildman–Crippen LogP) is 2.10. The summed E-state index contributed by atoms with van der Waals surface area (Å²) in [5, 5.41) is 3.93. The Kier molecular flexibility index (Phi) is 5.76. The summed E-state index contributed by atoms with van der Waals surface area (Å²) < 4.78 is 15.9. The fourth-order valence-corrected chi connectivity index (χ4v) is 2.41. The number of morpholine rings is 1.